The number of aromatic nitrogens is 2. The van der Waals surface area contributed by atoms with Crippen LogP contribution in [0.1, 0.15) is 43.6 Å². The molecule has 24 heavy (non-hydrogen) atoms. The Morgan fingerprint density at radius 2 is 2.00 bits per heavy atom. The van der Waals surface area contributed by atoms with Gasteiger partial charge in [0, 0.05) is 0 Å². The lowest BCUT2D eigenvalue weighted by molar-refractivity contribution is -0.139. The average molecular weight is 328 g/mol. The zero-order chi connectivity index (χ0) is 17.5. The summed E-state index contributed by atoms with van der Waals surface area (Å²) in [6, 6.07) is 10.1. The first kappa shape index (κ1) is 17.8. The number of rotatable bonds is 7. The Morgan fingerprint density at radius 1 is 1.29 bits per heavy atom. The van der Waals surface area contributed by atoms with E-state index in [1.807, 2.05) is 31.2 Å². The van der Waals surface area contributed by atoms with Crippen molar-refractivity contribution in [3.05, 3.63) is 53.5 Å². The summed E-state index contributed by atoms with van der Waals surface area (Å²) >= 11 is 0. The van der Waals surface area contributed by atoms with Crippen molar-refractivity contribution in [3.63, 3.8) is 0 Å². The van der Waals surface area contributed by atoms with Gasteiger partial charge in [0.15, 0.2) is 0 Å². The highest BCUT2D eigenvalue weighted by Gasteiger charge is 2.12. The molecule has 1 aromatic heterocycles. The standard InChI is InChI=1S/C19H24N2O3/c1-5-24-11-10-18-12-16(13-19(22)23-4)20-21(18)17-8-6-15(7-9-17)14(2)3/h6-12,14H,5,13H2,1-4H3/b11-10+. The fourth-order valence-electron chi connectivity index (χ4n) is 2.29. The normalized spacial score (nSPS) is 11.2. The van der Waals surface area contributed by atoms with Crippen LogP contribution >= 0.6 is 0 Å². The van der Waals surface area contributed by atoms with Crippen LogP contribution in [-0.2, 0) is 20.7 Å². The summed E-state index contributed by atoms with van der Waals surface area (Å²) in [6.07, 6.45) is 3.62. The maximum absolute atomic E-state index is 11.5. The maximum Gasteiger partial charge on any atom is 0.311 e. The second kappa shape index (κ2) is 8.34. The van der Waals surface area contributed by atoms with Crippen LogP contribution < -0.4 is 0 Å². The third kappa shape index (κ3) is 4.47. The Labute approximate surface area is 142 Å². The zero-order valence-corrected chi connectivity index (χ0v) is 14.7. The third-order valence-corrected chi connectivity index (χ3v) is 3.65. The van der Waals surface area contributed by atoms with Gasteiger partial charge in [-0.3, -0.25) is 4.79 Å². The molecule has 128 valence electrons. The number of hydrogen-bond acceptors (Lipinski definition) is 4. The highest BCUT2D eigenvalue weighted by molar-refractivity contribution is 5.72. The van der Waals surface area contributed by atoms with Gasteiger partial charge in [-0.25, -0.2) is 4.68 Å². The molecule has 0 saturated heterocycles. The largest absolute Gasteiger partial charge is 0.501 e. The second-order valence-electron chi connectivity index (χ2n) is 5.73. The lowest BCUT2D eigenvalue weighted by Crippen LogP contribution is -2.06. The summed E-state index contributed by atoms with van der Waals surface area (Å²) in [5.74, 6) is 0.166. The van der Waals surface area contributed by atoms with Crippen molar-refractivity contribution in [2.75, 3.05) is 13.7 Å². The Morgan fingerprint density at radius 3 is 2.58 bits per heavy atom. The molecule has 0 amide bonds. The fraction of sp³-hybridized carbons (Fsp3) is 0.368. The van der Waals surface area contributed by atoms with E-state index in [-0.39, 0.29) is 12.4 Å². The molecule has 0 spiro atoms. The predicted molar refractivity (Wildman–Crippen MR) is 94.0 cm³/mol. The van der Waals surface area contributed by atoms with Crippen molar-refractivity contribution >= 4 is 12.0 Å². The number of hydrogen-bond donors (Lipinski definition) is 0. The Hall–Kier alpha value is -2.56. The molecule has 1 aromatic carbocycles. The zero-order valence-electron chi connectivity index (χ0n) is 14.7. The van der Waals surface area contributed by atoms with E-state index < -0.39 is 0 Å². The van der Waals surface area contributed by atoms with Crippen LogP contribution in [0.3, 0.4) is 0 Å². The minimum atomic E-state index is -0.310. The molecule has 0 aliphatic heterocycles. The van der Waals surface area contributed by atoms with Gasteiger partial charge in [0.25, 0.3) is 0 Å². The predicted octanol–water partition coefficient (Wildman–Crippen LogP) is 3.72. The van der Waals surface area contributed by atoms with Gasteiger partial charge >= 0.3 is 5.97 Å². The first-order chi connectivity index (χ1) is 11.5. The Kier molecular flexibility index (Phi) is 6.18. The molecule has 1 heterocycles. The van der Waals surface area contributed by atoms with Gasteiger partial charge in [-0.05, 0) is 42.7 Å². The Balaban J connectivity index is 2.35. The second-order valence-corrected chi connectivity index (χ2v) is 5.73. The summed E-state index contributed by atoms with van der Waals surface area (Å²) in [5.41, 5.74) is 3.71. The lowest BCUT2D eigenvalue weighted by atomic mass is 10.0. The molecule has 0 N–H and O–H groups in total. The molecule has 2 aromatic rings. The molecule has 0 bridgehead atoms. The Bertz CT molecular complexity index is 700. The third-order valence-electron chi connectivity index (χ3n) is 3.65. The molecular formula is C19H24N2O3. The topological polar surface area (TPSA) is 53.4 Å². The first-order valence-corrected chi connectivity index (χ1v) is 8.09. The SMILES string of the molecule is CCO/C=C/c1cc(CC(=O)OC)nn1-c1ccc(C(C)C)cc1. The van der Waals surface area contributed by atoms with Crippen molar-refractivity contribution in [1.82, 2.24) is 9.78 Å². The fourth-order valence-corrected chi connectivity index (χ4v) is 2.29. The van der Waals surface area contributed by atoms with Gasteiger partial charge in [0.05, 0.1) is 43.5 Å². The van der Waals surface area contributed by atoms with Crippen LogP contribution in [0.5, 0.6) is 0 Å². The number of methoxy groups -OCH3 is 1. The maximum atomic E-state index is 11.5. The molecule has 0 unspecified atom stereocenters. The lowest BCUT2D eigenvalue weighted by Gasteiger charge is -2.08. The van der Waals surface area contributed by atoms with Crippen molar-refractivity contribution in [2.24, 2.45) is 0 Å². The van der Waals surface area contributed by atoms with Crippen molar-refractivity contribution in [1.29, 1.82) is 0 Å². The molecule has 0 aliphatic carbocycles. The average Bonchev–Trinajstić information content (AvgIpc) is 2.97. The van der Waals surface area contributed by atoms with Crippen molar-refractivity contribution in [2.45, 2.75) is 33.1 Å². The van der Waals surface area contributed by atoms with Gasteiger partial charge in [-0.1, -0.05) is 26.0 Å². The molecule has 0 saturated carbocycles. The van der Waals surface area contributed by atoms with Crippen LogP contribution in [0, 0.1) is 0 Å². The number of esters is 1. The molecule has 5 heteroatoms. The smallest absolute Gasteiger partial charge is 0.311 e. The van der Waals surface area contributed by atoms with Crippen LogP contribution in [0.4, 0.5) is 0 Å². The van der Waals surface area contributed by atoms with Crippen molar-refractivity contribution in [3.8, 4) is 5.69 Å². The molecule has 0 atom stereocenters. The minimum Gasteiger partial charge on any atom is -0.501 e. The van der Waals surface area contributed by atoms with E-state index in [1.165, 1.54) is 12.7 Å². The number of ether oxygens (including phenoxy) is 2. The van der Waals surface area contributed by atoms with Gasteiger partial charge < -0.3 is 9.47 Å². The minimum absolute atomic E-state index is 0.142. The molecule has 2 rings (SSSR count). The van der Waals surface area contributed by atoms with E-state index in [1.54, 1.807) is 10.9 Å². The van der Waals surface area contributed by atoms with Crippen LogP contribution in [-0.4, -0.2) is 29.5 Å². The number of carbonyl (C=O) groups is 1. The monoisotopic (exact) mass is 328 g/mol. The highest BCUT2D eigenvalue weighted by atomic mass is 16.5. The number of benzene rings is 1. The molecular weight excluding hydrogens is 304 g/mol. The molecule has 0 aliphatic rings. The molecule has 5 nitrogen and oxygen atoms in total. The van der Waals surface area contributed by atoms with Crippen molar-refractivity contribution < 1.29 is 14.3 Å². The van der Waals surface area contributed by atoms with E-state index in [0.29, 0.717) is 18.2 Å². The van der Waals surface area contributed by atoms with Gasteiger partial charge in [0.2, 0.25) is 0 Å². The van der Waals surface area contributed by atoms with Gasteiger partial charge in [-0.15, -0.1) is 0 Å². The van der Waals surface area contributed by atoms with Crippen LogP contribution in [0.15, 0.2) is 36.6 Å². The number of nitrogens with zero attached hydrogens (tertiary/aromatic N) is 2. The quantitative estimate of drug-likeness (QED) is 0.574. The van der Waals surface area contributed by atoms with Crippen LogP contribution in [0.2, 0.25) is 0 Å². The van der Waals surface area contributed by atoms with Crippen LogP contribution in [0.25, 0.3) is 11.8 Å². The van der Waals surface area contributed by atoms with E-state index in [9.17, 15) is 4.79 Å². The summed E-state index contributed by atoms with van der Waals surface area (Å²) in [5, 5.41) is 4.53. The van der Waals surface area contributed by atoms with Gasteiger partial charge in [0.1, 0.15) is 0 Å². The number of carbonyl (C=O) groups excluding carboxylic acids is 1. The summed E-state index contributed by atoms with van der Waals surface area (Å²) in [7, 11) is 1.37. The van der Waals surface area contributed by atoms with E-state index in [4.69, 9.17) is 9.47 Å². The first-order valence-electron chi connectivity index (χ1n) is 8.09. The molecule has 0 fully saturated rings. The summed E-state index contributed by atoms with van der Waals surface area (Å²) < 4.78 is 11.8. The summed E-state index contributed by atoms with van der Waals surface area (Å²) in [6.45, 7) is 6.85. The van der Waals surface area contributed by atoms with E-state index in [0.717, 1.165) is 11.4 Å². The van der Waals surface area contributed by atoms with Gasteiger partial charge in [-0.2, -0.15) is 5.10 Å². The summed E-state index contributed by atoms with van der Waals surface area (Å²) in [4.78, 5) is 11.5. The van der Waals surface area contributed by atoms with E-state index >= 15 is 0 Å². The van der Waals surface area contributed by atoms with E-state index in [2.05, 4.69) is 31.1 Å². The molecule has 0 radical (unpaired) electrons. The highest BCUT2D eigenvalue weighted by Crippen LogP contribution is 2.19.